The fraction of sp³-hybridized carbons (Fsp3) is 0.367. The second-order valence-corrected chi connectivity index (χ2v) is 10.3. The molecule has 3 aromatic rings. The van der Waals surface area contributed by atoms with E-state index in [1.807, 2.05) is 44.2 Å². The van der Waals surface area contributed by atoms with Gasteiger partial charge in [-0.15, -0.1) is 0 Å². The minimum atomic E-state index is -2.19. The van der Waals surface area contributed by atoms with Gasteiger partial charge in [-0.1, -0.05) is 54.1 Å². The molecule has 0 aromatic heterocycles. The summed E-state index contributed by atoms with van der Waals surface area (Å²) >= 11 is 6.25. The standard InChI is InChI=1S/C30H32ClNO6/c1-5-36-21-16-22(37-6-2)26-23(17-21)38-30(19-12-14-20(31)15-13-19)25(18-10-8-7-9-11-18)24(28(34)32(3)4)27(33)29(26,30)35/h7-17,24-25,28,34-35H,5-6H2,1-4H3/t24-,25?,28?,29+,30+/m1/s1. The monoisotopic (exact) mass is 537 g/mol. The Kier molecular flexibility index (Phi) is 6.90. The zero-order valence-electron chi connectivity index (χ0n) is 21.8. The molecular formula is C30H32ClNO6. The minimum absolute atomic E-state index is 0.233. The third kappa shape index (κ3) is 3.72. The summed E-state index contributed by atoms with van der Waals surface area (Å²) in [7, 11) is 3.39. The Bertz CT molecular complexity index is 1330. The molecule has 0 bridgehead atoms. The van der Waals surface area contributed by atoms with Gasteiger partial charge in [0, 0.05) is 23.1 Å². The Morgan fingerprint density at radius 3 is 2.29 bits per heavy atom. The Labute approximate surface area is 227 Å². The van der Waals surface area contributed by atoms with Crippen LogP contribution in [0.4, 0.5) is 0 Å². The van der Waals surface area contributed by atoms with E-state index in [-0.39, 0.29) is 5.56 Å². The van der Waals surface area contributed by atoms with Crippen molar-refractivity contribution in [2.75, 3.05) is 27.3 Å². The zero-order valence-corrected chi connectivity index (χ0v) is 22.6. The lowest BCUT2D eigenvalue weighted by atomic mass is 9.70. The number of benzene rings is 3. The number of fused-ring (bicyclic) bond motifs is 3. The van der Waals surface area contributed by atoms with E-state index in [0.717, 1.165) is 5.56 Å². The lowest BCUT2D eigenvalue weighted by Crippen LogP contribution is -2.50. The van der Waals surface area contributed by atoms with Crippen LogP contribution in [0.5, 0.6) is 17.2 Å². The first-order chi connectivity index (χ1) is 18.2. The number of halogens is 1. The van der Waals surface area contributed by atoms with Crippen LogP contribution in [0.1, 0.15) is 36.5 Å². The maximum atomic E-state index is 14.6. The van der Waals surface area contributed by atoms with Crippen molar-refractivity contribution in [3.63, 3.8) is 0 Å². The Morgan fingerprint density at radius 1 is 1.03 bits per heavy atom. The Hall–Kier alpha value is -3.10. The number of hydrogen-bond acceptors (Lipinski definition) is 7. The number of ether oxygens (including phenoxy) is 3. The van der Waals surface area contributed by atoms with Gasteiger partial charge in [0.1, 0.15) is 23.5 Å². The largest absolute Gasteiger partial charge is 0.494 e. The number of nitrogens with zero attached hydrogens (tertiary/aromatic N) is 1. The molecule has 38 heavy (non-hydrogen) atoms. The summed E-state index contributed by atoms with van der Waals surface area (Å²) in [5.41, 5.74) is -2.29. The summed E-state index contributed by atoms with van der Waals surface area (Å²) in [5, 5.41) is 24.7. The number of hydrogen-bond donors (Lipinski definition) is 2. The molecule has 7 nitrogen and oxygen atoms in total. The lowest BCUT2D eigenvalue weighted by molar-refractivity contribution is -0.153. The molecule has 1 aliphatic heterocycles. The van der Waals surface area contributed by atoms with Crippen LogP contribution in [-0.4, -0.2) is 54.4 Å². The summed E-state index contributed by atoms with van der Waals surface area (Å²) < 4.78 is 18.6. The average molecular weight is 538 g/mol. The molecule has 0 spiro atoms. The number of aliphatic hydroxyl groups is 2. The molecular weight excluding hydrogens is 506 g/mol. The van der Waals surface area contributed by atoms with E-state index in [0.29, 0.717) is 41.0 Å². The molecule has 8 heteroatoms. The molecule has 1 saturated carbocycles. The fourth-order valence-corrected chi connectivity index (χ4v) is 6.20. The van der Waals surface area contributed by atoms with Crippen molar-refractivity contribution in [2.45, 2.75) is 37.2 Å². The minimum Gasteiger partial charge on any atom is -0.494 e. The van der Waals surface area contributed by atoms with E-state index in [9.17, 15) is 15.0 Å². The second kappa shape index (κ2) is 9.89. The molecule has 1 heterocycles. The van der Waals surface area contributed by atoms with Crippen molar-refractivity contribution in [2.24, 2.45) is 5.92 Å². The van der Waals surface area contributed by atoms with Crippen molar-refractivity contribution in [1.29, 1.82) is 0 Å². The number of ketones is 1. The molecule has 5 atom stereocenters. The van der Waals surface area contributed by atoms with Gasteiger partial charge in [0.25, 0.3) is 0 Å². The number of aliphatic hydroxyl groups excluding tert-OH is 1. The van der Waals surface area contributed by atoms with Crippen molar-refractivity contribution >= 4 is 17.4 Å². The normalized spacial score (nSPS) is 26.6. The van der Waals surface area contributed by atoms with E-state index in [4.69, 9.17) is 25.8 Å². The molecule has 0 amide bonds. The van der Waals surface area contributed by atoms with Crippen molar-refractivity contribution in [3.05, 3.63) is 88.4 Å². The predicted octanol–water partition coefficient (Wildman–Crippen LogP) is 4.48. The van der Waals surface area contributed by atoms with Crippen LogP contribution < -0.4 is 14.2 Å². The lowest BCUT2D eigenvalue weighted by Gasteiger charge is -2.40. The summed E-state index contributed by atoms with van der Waals surface area (Å²) in [6.45, 7) is 4.41. The molecule has 200 valence electrons. The maximum absolute atomic E-state index is 14.6. The van der Waals surface area contributed by atoms with Crippen LogP contribution >= 0.6 is 11.6 Å². The highest BCUT2D eigenvalue weighted by molar-refractivity contribution is 6.30. The first-order valence-electron chi connectivity index (χ1n) is 12.8. The topological polar surface area (TPSA) is 88.5 Å². The highest BCUT2D eigenvalue weighted by atomic mass is 35.5. The van der Waals surface area contributed by atoms with Gasteiger partial charge in [-0.2, -0.15) is 0 Å². The summed E-state index contributed by atoms with van der Waals surface area (Å²) in [6.07, 6.45) is -1.20. The first-order valence-corrected chi connectivity index (χ1v) is 13.1. The van der Waals surface area contributed by atoms with E-state index >= 15 is 0 Å². The number of rotatable bonds is 8. The second-order valence-electron chi connectivity index (χ2n) is 9.87. The van der Waals surface area contributed by atoms with Gasteiger partial charge >= 0.3 is 0 Å². The molecule has 2 N–H and O–H groups in total. The van der Waals surface area contributed by atoms with Crippen LogP contribution in [-0.2, 0) is 16.0 Å². The van der Waals surface area contributed by atoms with Crippen LogP contribution in [0, 0.1) is 5.92 Å². The Balaban J connectivity index is 1.88. The smallest absolute Gasteiger partial charge is 0.200 e. The third-order valence-electron chi connectivity index (χ3n) is 7.56. The molecule has 1 aliphatic carbocycles. The number of carbonyl (C=O) groups excluding carboxylic acids is 1. The predicted molar refractivity (Wildman–Crippen MR) is 144 cm³/mol. The van der Waals surface area contributed by atoms with Crippen molar-refractivity contribution in [3.8, 4) is 17.2 Å². The van der Waals surface area contributed by atoms with E-state index < -0.39 is 35.0 Å². The van der Waals surface area contributed by atoms with Gasteiger partial charge in [-0.3, -0.25) is 9.69 Å². The average Bonchev–Trinajstić information content (AvgIpc) is 3.27. The van der Waals surface area contributed by atoms with Crippen molar-refractivity contribution < 1.29 is 29.2 Å². The van der Waals surface area contributed by atoms with Gasteiger partial charge < -0.3 is 24.4 Å². The molecule has 2 aliphatic rings. The van der Waals surface area contributed by atoms with Crippen LogP contribution in [0.15, 0.2) is 66.7 Å². The molecule has 1 fully saturated rings. The summed E-state index contributed by atoms with van der Waals surface area (Å²) in [5.74, 6) is -1.25. The van der Waals surface area contributed by atoms with Gasteiger partial charge in [0.05, 0.1) is 24.7 Å². The number of carbonyl (C=O) groups is 1. The fourth-order valence-electron chi connectivity index (χ4n) is 6.07. The summed E-state index contributed by atoms with van der Waals surface area (Å²) in [6, 6.07) is 19.7. The number of Topliss-reactive ketones (excluding diaryl/α,β-unsaturated/α-hetero) is 1. The van der Waals surface area contributed by atoms with E-state index in [1.165, 1.54) is 0 Å². The highest BCUT2D eigenvalue weighted by Gasteiger charge is 2.78. The van der Waals surface area contributed by atoms with Crippen molar-refractivity contribution in [1.82, 2.24) is 4.90 Å². The zero-order chi connectivity index (χ0) is 27.2. The van der Waals surface area contributed by atoms with E-state index in [1.54, 1.807) is 55.4 Å². The SMILES string of the molecule is CCOc1cc(OCC)c2c(c1)O[C@@]1(c3ccc(Cl)cc3)C(c3ccccc3)[C@@H](C(O)N(C)C)C(=O)[C@@]21O. The van der Waals surface area contributed by atoms with Gasteiger partial charge in [-0.05, 0) is 51.2 Å². The quantitative estimate of drug-likeness (QED) is 0.410. The highest BCUT2D eigenvalue weighted by Crippen LogP contribution is 2.69. The van der Waals surface area contributed by atoms with Crippen LogP contribution in [0.25, 0.3) is 0 Å². The molecule has 2 unspecified atom stereocenters. The van der Waals surface area contributed by atoms with E-state index in [2.05, 4.69) is 0 Å². The van der Waals surface area contributed by atoms with Crippen LogP contribution in [0.3, 0.4) is 0 Å². The summed E-state index contributed by atoms with van der Waals surface area (Å²) in [4.78, 5) is 16.2. The van der Waals surface area contributed by atoms with Gasteiger partial charge in [0.2, 0.25) is 5.60 Å². The Morgan fingerprint density at radius 2 is 1.68 bits per heavy atom. The van der Waals surface area contributed by atoms with Gasteiger partial charge in [-0.25, -0.2) is 0 Å². The van der Waals surface area contributed by atoms with Gasteiger partial charge in [0.15, 0.2) is 11.4 Å². The van der Waals surface area contributed by atoms with Crippen LogP contribution in [0.2, 0.25) is 5.02 Å². The molecule has 0 saturated heterocycles. The molecule has 0 radical (unpaired) electrons. The third-order valence-corrected chi connectivity index (χ3v) is 7.81. The molecule has 3 aromatic carbocycles. The molecule has 5 rings (SSSR count). The maximum Gasteiger partial charge on any atom is 0.200 e. The first kappa shape index (κ1) is 26.5.